The molecule has 0 aliphatic heterocycles. The van der Waals surface area contributed by atoms with Crippen LogP contribution in [0.15, 0.2) is 23.1 Å². The first kappa shape index (κ1) is 15.8. The van der Waals surface area contributed by atoms with Crippen molar-refractivity contribution in [2.24, 2.45) is 0 Å². The highest BCUT2D eigenvalue weighted by Crippen LogP contribution is 2.25. The second kappa shape index (κ2) is 6.44. The standard InChI is InChI=1S/C14H20N2O4S/c1-2-3-8-15-13-7-6-11(9-12(13)14(17)18)21(19,20)16-10-4-5-10/h6-7,9-10,15-16H,2-5,8H2,1H3,(H,17,18). The topological polar surface area (TPSA) is 95.5 Å². The van der Waals surface area contributed by atoms with Crippen LogP contribution >= 0.6 is 0 Å². The molecule has 1 aliphatic rings. The van der Waals surface area contributed by atoms with Crippen LogP contribution in [-0.2, 0) is 10.0 Å². The van der Waals surface area contributed by atoms with Crippen molar-refractivity contribution < 1.29 is 18.3 Å². The number of hydrogen-bond donors (Lipinski definition) is 3. The molecule has 3 N–H and O–H groups in total. The van der Waals surface area contributed by atoms with Gasteiger partial charge < -0.3 is 10.4 Å². The highest BCUT2D eigenvalue weighted by Gasteiger charge is 2.28. The van der Waals surface area contributed by atoms with Crippen LogP contribution in [-0.4, -0.2) is 32.1 Å². The number of benzene rings is 1. The Morgan fingerprint density at radius 1 is 1.38 bits per heavy atom. The number of carboxylic acids is 1. The average Bonchev–Trinajstić information content (AvgIpc) is 3.22. The Kier molecular flexibility index (Phi) is 4.84. The van der Waals surface area contributed by atoms with Crippen molar-refractivity contribution in [2.75, 3.05) is 11.9 Å². The maximum absolute atomic E-state index is 12.1. The summed E-state index contributed by atoms with van der Waals surface area (Å²) < 4.78 is 26.8. The normalized spacial score (nSPS) is 14.9. The summed E-state index contributed by atoms with van der Waals surface area (Å²) in [7, 11) is -3.64. The molecule has 0 amide bonds. The second-order valence-electron chi connectivity index (χ2n) is 5.19. The van der Waals surface area contributed by atoms with Crippen LogP contribution in [0.1, 0.15) is 43.0 Å². The molecule has 1 aromatic rings. The number of sulfonamides is 1. The van der Waals surface area contributed by atoms with Crippen molar-refractivity contribution >= 4 is 21.7 Å². The number of carboxylic acid groups (broad SMARTS) is 1. The largest absolute Gasteiger partial charge is 0.478 e. The molecule has 6 nitrogen and oxygen atoms in total. The van der Waals surface area contributed by atoms with Crippen LogP contribution in [0.2, 0.25) is 0 Å². The van der Waals surface area contributed by atoms with Crippen molar-refractivity contribution in [1.82, 2.24) is 4.72 Å². The summed E-state index contributed by atoms with van der Waals surface area (Å²) in [6.45, 7) is 2.70. The maximum Gasteiger partial charge on any atom is 0.337 e. The fraction of sp³-hybridized carbons (Fsp3) is 0.500. The number of unbranched alkanes of at least 4 members (excludes halogenated alkanes) is 1. The van der Waals surface area contributed by atoms with Gasteiger partial charge in [0.2, 0.25) is 10.0 Å². The average molecular weight is 312 g/mol. The van der Waals surface area contributed by atoms with Gasteiger partial charge in [0.25, 0.3) is 0 Å². The van der Waals surface area contributed by atoms with E-state index in [9.17, 15) is 18.3 Å². The van der Waals surface area contributed by atoms with Gasteiger partial charge in [0, 0.05) is 18.3 Å². The van der Waals surface area contributed by atoms with Gasteiger partial charge in [-0.25, -0.2) is 17.9 Å². The van der Waals surface area contributed by atoms with Crippen LogP contribution in [0, 0.1) is 0 Å². The first-order chi connectivity index (χ1) is 9.94. The summed E-state index contributed by atoms with van der Waals surface area (Å²) in [6, 6.07) is 4.15. The summed E-state index contributed by atoms with van der Waals surface area (Å²) >= 11 is 0. The van der Waals surface area contributed by atoms with Gasteiger partial charge in [-0.1, -0.05) is 13.3 Å². The summed E-state index contributed by atoms with van der Waals surface area (Å²) in [4.78, 5) is 11.3. The van der Waals surface area contributed by atoms with E-state index in [0.29, 0.717) is 12.2 Å². The van der Waals surface area contributed by atoms with Gasteiger partial charge in [0.15, 0.2) is 0 Å². The second-order valence-corrected chi connectivity index (χ2v) is 6.90. The van der Waals surface area contributed by atoms with Crippen molar-refractivity contribution in [3.8, 4) is 0 Å². The highest BCUT2D eigenvalue weighted by molar-refractivity contribution is 7.89. The molecule has 116 valence electrons. The maximum atomic E-state index is 12.1. The van der Waals surface area contributed by atoms with Gasteiger partial charge in [-0.3, -0.25) is 0 Å². The first-order valence-corrected chi connectivity index (χ1v) is 8.56. The lowest BCUT2D eigenvalue weighted by Gasteiger charge is -2.12. The molecule has 21 heavy (non-hydrogen) atoms. The van der Waals surface area contributed by atoms with E-state index < -0.39 is 16.0 Å². The summed E-state index contributed by atoms with van der Waals surface area (Å²) in [5.74, 6) is -1.14. The minimum Gasteiger partial charge on any atom is -0.478 e. The molecule has 1 fully saturated rings. The van der Waals surface area contributed by atoms with E-state index in [1.165, 1.54) is 18.2 Å². The fourth-order valence-electron chi connectivity index (χ4n) is 1.91. The highest BCUT2D eigenvalue weighted by atomic mass is 32.2. The first-order valence-electron chi connectivity index (χ1n) is 7.07. The van der Waals surface area contributed by atoms with Crippen LogP contribution in [0.5, 0.6) is 0 Å². The van der Waals surface area contributed by atoms with Crippen LogP contribution in [0.4, 0.5) is 5.69 Å². The zero-order valence-corrected chi connectivity index (χ0v) is 12.7. The van der Waals surface area contributed by atoms with E-state index in [2.05, 4.69) is 10.0 Å². The molecule has 1 saturated carbocycles. The molecule has 0 aromatic heterocycles. The molecule has 0 bridgehead atoms. The lowest BCUT2D eigenvalue weighted by atomic mass is 10.1. The van der Waals surface area contributed by atoms with E-state index in [-0.39, 0.29) is 16.5 Å². The minimum absolute atomic E-state index is 0.00663. The number of hydrogen-bond acceptors (Lipinski definition) is 4. The molecule has 0 atom stereocenters. The third kappa shape index (κ3) is 4.18. The molecule has 0 radical (unpaired) electrons. The van der Waals surface area contributed by atoms with Gasteiger partial charge in [0.05, 0.1) is 10.5 Å². The molecule has 1 aromatic carbocycles. The Morgan fingerprint density at radius 3 is 2.67 bits per heavy atom. The van der Waals surface area contributed by atoms with E-state index in [0.717, 1.165) is 25.7 Å². The van der Waals surface area contributed by atoms with Crippen LogP contribution in [0.3, 0.4) is 0 Å². The van der Waals surface area contributed by atoms with Gasteiger partial charge in [-0.05, 0) is 37.5 Å². The van der Waals surface area contributed by atoms with Gasteiger partial charge >= 0.3 is 5.97 Å². The zero-order valence-electron chi connectivity index (χ0n) is 11.9. The lowest BCUT2D eigenvalue weighted by molar-refractivity contribution is 0.0697. The third-order valence-electron chi connectivity index (χ3n) is 3.28. The predicted molar refractivity (Wildman–Crippen MR) is 80.1 cm³/mol. The van der Waals surface area contributed by atoms with Crippen molar-refractivity contribution in [1.29, 1.82) is 0 Å². The molecule has 0 saturated heterocycles. The molecule has 0 spiro atoms. The Hall–Kier alpha value is -1.60. The van der Waals surface area contributed by atoms with E-state index in [1.807, 2.05) is 6.92 Å². The number of aromatic carboxylic acids is 1. The number of rotatable bonds is 8. The molecular weight excluding hydrogens is 292 g/mol. The Labute approximate surface area is 124 Å². The Bertz CT molecular complexity index is 624. The van der Waals surface area contributed by atoms with E-state index >= 15 is 0 Å². The van der Waals surface area contributed by atoms with Gasteiger partial charge in [0.1, 0.15) is 0 Å². The number of carbonyl (C=O) groups is 1. The SMILES string of the molecule is CCCCNc1ccc(S(=O)(=O)NC2CC2)cc1C(=O)O. The minimum atomic E-state index is -3.64. The zero-order chi connectivity index (χ0) is 15.5. The molecule has 7 heteroatoms. The van der Waals surface area contributed by atoms with Crippen molar-refractivity contribution in [2.45, 2.75) is 43.5 Å². The Balaban J connectivity index is 2.24. The fourth-order valence-corrected chi connectivity index (χ4v) is 3.24. The quantitative estimate of drug-likeness (QED) is 0.638. The van der Waals surface area contributed by atoms with E-state index in [1.54, 1.807) is 0 Å². The number of anilines is 1. The van der Waals surface area contributed by atoms with Crippen LogP contribution in [0.25, 0.3) is 0 Å². The summed E-state index contributed by atoms with van der Waals surface area (Å²) in [5.41, 5.74) is 0.422. The summed E-state index contributed by atoms with van der Waals surface area (Å²) in [5, 5.41) is 12.3. The predicted octanol–water partition coefficient (Wildman–Crippen LogP) is 2.04. The smallest absolute Gasteiger partial charge is 0.337 e. The summed E-state index contributed by atoms with van der Waals surface area (Å²) in [6.07, 6.45) is 3.58. The van der Waals surface area contributed by atoms with Crippen molar-refractivity contribution in [3.63, 3.8) is 0 Å². The van der Waals surface area contributed by atoms with Gasteiger partial charge in [-0.15, -0.1) is 0 Å². The monoisotopic (exact) mass is 312 g/mol. The lowest BCUT2D eigenvalue weighted by Crippen LogP contribution is -2.26. The third-order valence-corrected chi connectivity index (χ3v) is 4.79. The molecule has 0 heterocycles. The molecule has 1 aliphatic carbocycles. The van der Waals surface area contributed by atoms with E-state index in [4.69, 9.17) is 0 Å². The van der Waals surface area contributed by atoms with Crippen LogP contribution < -0.4 is 10.0 Å². The number of nitrogens with one attached hydrogen (secondary N) is 2. The molecule has 0 unspecified atom stereocenters. The molecular formula is C14H20N2O4S. The van der Waals surface area contributed by atoms with Crippen molar-refractivity contribution in [3.05, 3.63) is 23.8 Å². The Morgan fingerprint density at radius 2 is 2.10 bits per heavy atom. The van der Waals surface area contributed by atoms with Gasteiger partial charge in [-0.2, -0.15) is 0 Å². The molecule has 2 rings (SSSR count).